The number of carbonyl (C=O) groups excluding carboxylic acids is 1. The quantitative estimate of drug-likeness (QED) is 0.836. The van der Waals surface area contributed by atoms with Crippen molar-refractivity contribution in [2.24, 2.45) is 0 Å². The van der Waals surface area contributed by atoms with Crippen LogP contribution in [0.2, 0.25) is 0 Å². The normalized spacial score (nSPS) is 10.4. The van der Waals surface area contributed by atoms with Crippen LogP contribution in [0, 0.1) is 13.8 Å². The molecule has 0 unspecified atom stereocenters. The number of anilines is 1. The number of alkyl halides is 1. The van der Waals surface area contributed by atoms with Crippen molar-refractivity contribution in [2.45, 2.75) is 13.8 Å². The van der Waals surface area contributed by atoms with Crippen molar-refractivity contribution < 1.29 is 4.79 Å². The van der Waals surface area contributed by atoms with Crippen LogP contribution in [0.1, 0.15) is 11.4 Å². The van der Waals surface area contributed by atoms with E-state index in [0.29, 0.717) is 11.5 Å². The van der Waals surface area contributed by atoms with Gasteiger partial charge in [-0.2, -0.15) is 5.10 Å². The summed E-state index contributed by atoms with van der Waals surface area (Å²) in [6, 6.07) is 5.69. The molecule has 0 saturated heterocycles. The molecule has 2 aromatic rings. The highest BCUT2D eigenvalue weighted by Gasteiger charge is 2.11. The molecule has 18 heavy (non-hydrogen) atoms. The Kier molecular flexibility index (Phi) is 3.62. The molecular formula is C12H13ClN4O. The third-order valence-electron chi connectivity index (χ3n) is 2.41. The molecule has 0 spiro atoms. The number of amides is 1. The zero-order valence-corrected chi connectivity index (χ0v) is 10.9. The van der Waals surface area contributed by atoms with E-state index in [0.717, 1.165) is 17.0 Å². The van der Waals surface area contributed by atoms with Gasteiger partial charge in [0.2, 0.25) is 5.91 Å². The van der Waals surface area contributed by atoms with E-state index >= 15 is 0 Å². The van der Waals surface area contributed by atoms with Crippen LogP contribution in [-0.2, 0) is 4.79 Å². The number of hydrogen-bond acceptors (Lipinski definition) is 3. The fraction of sp³-hybridized carbons (Fsp3) is 0.250. The average Bonchev–Trinajstić information content (AvgIpc) is 2.75. The van der Waals surface area contributed by atoms with Gasteiger partial charge in [-0.15, -0.1) is 11.6 Å². The predicted molar refractivity (Wildman–Crippen MR) is 70.6 cm³/mol. The third kappa shape index (κ3) is 2.68. The first-order chi connectivity index (χ1) is 8.60. The van der Waals surface area contributed by atoms with Gasteiger partial charge in [-0.1, -0.05) is 6.07 Å². The van der Waals surface area contributed by atoms with Gasteiger partial charge in [0, 0.05) is 5.56 Å². The topological polar surface area (TPSA) is 70.7 Å². The summed E-state index contributed by atoms with van der Waals surface area (Å²) in [5.74, 6) is 0.939. The van der Waals surface area contributed by atoms with Gasteiger partial charge in [0.25, 0.3) is 0 Å². The number of aromatic nitrogens is 3. The molecule has 0 aliphatic rings. The summed E-state index contributed by atoms with van der Waals surface area (Å²) in [5, 5.41) is 9.61. The maximum Gasteiger partial charge on any atom is 0.239 e. The highest BCUT2D eigenvalue weighted by atomic mass is 35.5. The molecule has 2 rings (SSSR count). The van der Waals surface area contributed by atoms with E-state index in [1.807, 2.05) is 32.0 Å². The fourth-order valence-corrected chi connectivity index (χ4v) is 1.67. The van der Waals surface area contributed by atoms with Crippen LogP contribution in [0.4, 0.5) is 5.69 Å². The summed E-state index contributed by atoms with van der Waals surface area (Å²) < 4.78 is 0. The monoisotopic (exact) mass is 264 g/mol. The van der Waals surface area contributed by atoms with Crippen molar-refractivity contribution >= 4 is 23.2 Å². The first-order valence-corrected chi connectivity index (χ1v) is 5.99. The van der Waals surface area contributed by atoms with Crippen molar-refractivity contribution in [3.8, 4) is 11.4 Å². The minimum Gasteiger partial charge on any atom is -0.324 e. The van der Waals surface area contributed by atoms with Gasteiger partial charge in [-0.25, -0.2) is 4.98 Å². The number of hydrogen-bond donors (Lipinski definition) is 2. The SMILES string of the molecule is Cc1ccc(-c2n[nH]c(C)n2)c(NC(=O)CCl)c1. The second-order valence-electron chi connectivity index (χ2n) is 3.98. The lowest BCUT2D eigenvalue weighted by Gasteiger charge is -2.08. The van der Waals surface area contributed by atoms with E-state index in [2.05, 4.69) is 20.5 Å². The number of halogens is 1. The van der Waals surface area contributed by atoms with Gasteiger partial charge in [-0.3, -0.25) is 9.89 Å². The van der Waals surface area contributed by atoms with E-state index in [1.165, 1.54) is 0 Å². The Balaban J connectivity index is 2.43. The molecule has 0 aliphatic carbocycles. The second-order valence-corrected chi connectivity index (χ2v) is 4.24. The molecule has 0 bridgehead atoms. The van der Waals surface area contributed by atoms with Crippen LogP contribution >= 0.6 is 11.6 Å². The van der Waals surface area contributed by atoms with Crippen LogP contribution in [0.25, 0.3) is 11.4 Å². The fourth-order valence-electron chi connectivity index (χ4n) is 1.60. The Hall–Kier alpha value is -1.88. The number of aromatic amines is 1. The van der Waals surface area contributed by atoms with Gasteiger partial charge in [0.1, 0.15) is 11.7 Å². The third-order valence-corrected chi connectivity index (χ3v) is 2.65. The first kappa shape index (κ1) is 12.6. The second kappa shape index (κ2) is 5.18. The van der Waals surface area contributed by atoms with Crippen molar-refractivity contribution in [3.63, 3.8) is 0 Å². The van der Waals surface area contributed by atoms with Crippen LogP contribution in [0.5, 0.6) is 0 Å². The molecule has 1 heterocycles. The van der Waals surface area contributed by atoms with Crippen molar-refractivity contribution in [3.05, 3.63) is 29.6 Å². The minimum atomic E-state index is -0.254. The Labute approximate surface area is 110 Å². The van der Waals surface area contributed by atoms with Gasteiger partial charge in [-0.05, 0) is 31.5 Å². The Morgan fingerprint density at radius 3 is 2.83 bits per heavy atom. The number of aryl methyl sites for hydroxylation is 2. The summed E-state index contributed by atoms with van der Waals surface area (Å²) in [4.78, 5) is 15.6. The van der Waals surface area contributed by atoms with Gasteiger partial charge in [0.05, 0.1) is 5.69 Å². The zero-order chi connectivity index (χ0) is 13.1. The summed E-state index contributed by atoms with van der Waals surface area (Å²) in [5.41, 5.74) is 2.47. The molecular weight excluding hydrogens is 252 g/mol. The molecule has 6 heteroatoms. The smallest absolute Gasteiger partial charge is 0.239 e. The Morgan fingerprint density at radius 2 is 2.22 bits per heavy atom. The van der Waals surface area contributed by atoms with Crippen molar-refractivity contribution in [2.75, 3.05) is 11.2 Å². The van der Waals surface area contributed by atoms with E-state index in [1.54, 1.807) is 0 Å². The van der Waals surface area contributed by atoms with Gasteiger partial charge >= 0.3 is 0 Å². The van der Waals surface area contributed by atoms with Crippen LogP contribution in [0.3, 0.4) is 0 Å². The summed E-state index contributed by atoms with van der Waals surface area (Å²) in [6.45, 7) is 3.77. The van der Waals surface area contributed by atoms with Gasteiger partial charge < -0.3 is 5.32 Å². The number of H-pyrrole nitrogens is 1. The predicted octanol–water partition coefficient (Wildman–Crippen LogP) is 2.27. The Morgan fingerprint density at radius 1 is 1.44 bits per heavy atom. The molecule has 1 aromatic carbocycles. The Bertz CT molecular complexity index is 579. The number of nitrogens with zero attached hydrogens (tertiary/aromatic N) is 2. The summed E-state index contributed by atoms with van der Waals surface area (Å²) >= 11 is 5.49. The summed E-state index contributed by atoms with van der Waals surface area (Å²) in [6.07, 6.45) is 0. The minimum absolute atomic E-state index is 0.0829. The van der Waals surface area contributed by atoms with Gasteiger partial charge in [0.15, 0.2) is 5.82 Å². The number of rotatable bonds is 3. The van der Waals surface area contributed by atoms with Crippen molar-refractivity contribution in [1.29, 1.82) is 0 Å². The lowest BCUT2D eigenvalue weighted by atomic mass is 10.1. The van der Waals surface area contributed by atoms with Crippen LogP contribution < -0.4 is 5.32 Å². The van der Waals surface area contributed by atoms with Crippen molar-refractivity contribution in [1.82, 2.24) is 15.2 Å². The average molecular weight is 265 g/mol. The molecule has 1 aromatic heterocycles. The maximum absolute atomic E-state index is 11.4. The molecule has 0 radical (unpaired) electrons. The summed E-state index contributed by atoms with van der Waals surface area (Å²) in [7, 11) is 0. The highest BCUT2D eigenvalue weighted by molar-refractivity contribution is 6.29. The lowest BCUT2D eigenvalue weighted by molar-refractivity contribution is -0.113. The highest BCUT2D eigenvalue weighted by Crippen LogP contribution is 2.26. The standard InChI is InChI=1S/C12H13ClN4O/c1-7-3-4-9(12-14-8(2)16-17-12)10(5-7)15-11(18)6-13/h3-5H,6H2,1-2H3,(H,15,18)(H,14,16,17). The molecule has 0 aliphatic heterocycles. The molecule has 0 saturated carbocycles. The molecule has 5 nitrogen and oxygen atoms in total. The molecule has 0 atom stereocenters. The zero-order valence-electron chi connectivity index (χ0n) is 10.1. The lowest BCUT2D eigenvalue weighted by Crippen LogP contribution is -2.13. The molecule has 2 N–H and O–H groups in total. The number of nitrogens with one attached hydrogen (secondary N) is 2. The van der Waals surface area contributed by atoms with E-state index in [4.69, 9.17) is 11.6 Å². The van der Waals surface area contributed by atoms with E-state index in [9.17, 15) is 4.79 Å². The van der Waals surface area contributed by atoms with Crippen LogP contribution in [0.15, 0.2) is 18.2 Å². The number of carbonyl (C=O) groups is 1. The van der Waals surface area contributed by atoms with Crippen LogP contribution in [-0.4, -0.2) is 27.0 Å². The maximum atomic E-state index is 11.4. The first-order valence-electron chi connectivity index (χ1n) is 5.46. The van der Waals surface area contributed by atoms with E-state index < -0.39 is 0 Å². The van der Waals surface area contributed by atoms with E-state index in [-0.39, 0.29) is 11.8 Å². The molecule has 94 valence electrons. The largest absolute Gasteiger partial charge is 0.324 e. The number of benzene rings is 1. The molecule has 0 fully saturated rings. The molecule has 1 amide bonds.